The molecule has 5 rings (SSSR count). The van der Waals surface area contributed by atoms with Crippen molar-refractivity contribution in [1.82, 2.24) is 4.72 Å². The van der Waals surface area contributed by atoms with Crippen LogP contribution in [-0.2, 0) is 16.4 Å². The molecule has 1 fully saturated rings. The molecule has 0 bridgehead atoms. The van der Waals surface area contributed by atoms with Crippen LogP contribution in [-0.4, -0.2) is 32.8 Å². The summed E-state index contributed by atoms with van der Waals surface area (Å²) in [5.74, 6) is -0.492. The number of aryl methyl sites for hydroxylation is 1. The molecule has 0 aromatic heterocycles. The first-order valence-corrected chi connectivity index (χ1v) is 12.7. The zero-order valence-corrected chi connectivity index (χ0v) is 19.6. The molecule has 174 valence electrons. The van der Waals surface area contributed by atoms with Crippen molar-refractivity contribution in [2.24, 2.45) is 0 Å². The number of fused-ring (bicyclic) bond motifs is 1. The highest BCUT2D eigenvalue weighted by atomic mass is 32.2. The molecule has 2 aliphatic rings. The quantitative estimate of drug-likeness (QED) is 0.565. The lowest BCUT2D eigenvalue weighted by Gasteiger charge is -2.17. The number of carbonyl (C=O) groups is 2. The average Bonchev–Trinajstić information content (AvgIpc) is 3.52. The van der Waals surface area contributed by atoms with Crippen molar-refractivity contribution in [3.63, 3.8) is 0 Å². The molecule has 3 aromatic carbocycles. The van der Waals surface area contributed by atoms with Crippen LogP contribution < -0.4 is 14.9 Å². The molecule has 0 unspecified atom stereocenters. The highest BCUT2D eigenvalue weighted by molar-refractivity contribution is 7.89. The molecule has 2 N–H and O–H groups in total. The summed E-state index contributed by atoms with van der Waals surface area (Å²) in [4.78, 5) is 27.8. The van der Waals surface area contributed by atoms with E-state index in [2.05, 4.69) is 10.0 Å². The third-order valence-corrected chi connectivity index (χ3v) is 7.70. The van der Waals surface area contributed by atoms with E-state index in [9.17, 15) is 18.0 Å². The smallest absolute Gasteiger partial charge is 0.258 e. The molecule has 0 atom stereocenters. The highest BCUT2D eigenvalue weighted by Gasteiger charge is 2.29. The topological polar surface area (TPSA) is 95.6 Å². The Morgan fingerprint density at radius 3 is 2.44 bits per heavy atom. The number of nitrogens with zero attached hydrogens (tertiary/aromatic N) is 1. The van der Waals surface area contributed by atoms with E-state index in [-0.39, 0.29) is 22.4 Å². The van der Waals surface area contributed by atoms with E-state index in [4.69, 9.17) is 0 Å². The molecule has 1 saturated carbocycles. The molecular weight excluding hydrogens is 450 g/mol. The summed E-state index contributed by atoms with van der Waals surface area (Å²) in [5.41, 5.74) is 4.10. The predicted molar refractivity (Wildman–Crippen MR) is 131 cm³/mol. The summed E-state index contributed by atoms with van der Waals surface area (Å²) in [7, 11) is -3.66. The second kappa shape index (κ2) is 8.70. The van der Waals surface area contributed by atoms with E-state index in [1.165, 1.54) is 12.1 Å². The van der Waals surface area contributed by atoms with Crippen LogP contribution in [0.3, 0.4) is 0 Å². The molecule has 8 heteroatoms. The fourth-order valence-electron chi connectivity index (χ4n) is 4.10. The Hall–Kier alpha value is -3.49. The first-order valence-electron chi connectivity index (χ1n) is 11.3. The van der Waals surface area contributed by atoms with E-state index < -0.39 is 15.9 Å². The van der Waals surface area contributed by atoms with Gasteiger partial charge in [-0.15, -0.1) is 0 Å². The molecule has 0 saturated heterocycles. The second-order valence-corrected chi connectivity index (χ2v) is 10.5. The molecule has 0 radical (unpaired) electrons. The summed E-state index contributed by atoms with van der Waals surface area (Å²) in [6.45, 7) is 2.40. The van der Waals surface area contributed by atoms with Crippen LogP contribution in [0, 0.1) is 6.92 Å². The number of sulfonamides is 1. The van der Waals surface area contributed by atoms with E-state index in [0.717, 1.165) is 30.5 Å². The molecular formula is C26H25N3O4S. The number of rotatable bonds is 6. The lowest BCUT2D eigenvalue weighted by Crippen LogP contribution is -2.28. The van der Waals surface area contributed by atoms with Gasteiger partial charge in [0.15, 0.2) is 0 Å². The minimum absolute atomic E-state index is 0.0150. The van der Waals surface area contributed by atoms with Crippen molar-refractivity contribution in [2.75, 3.05) is 16.8 Å². The third-order valence-electron chi connectivity index (χ3n) is 6.19. The van der Waals surface area contributed by atoms with Crippen LogP contribution >= 0.6 is 0 Å². The lowest BCUT2D eigenvalue weighted by molar-refractivity contribution is 0.0988. The number of hydrogen-bond acceptors (Lipinski definition) is 4. The number of nitrogens with one attached hydrogen (secondary N) is 2. The molecule has 34 heavy (non-hydrogen) atoms. The maximum absolute atomic E-state index is 13.0. The third kappa shape index (κ3) is 4.47. The van der Waals surface area contributed by atoms with Gasteiger partial charge < -0.3 is 10.2 Å². The zero-order chi connectivity index (χ0) is 23.9. The number of anilines is 2. The molecule has 0 spiro atoms. The van der Waals surface area contributed by atoms with Crippen LogP contribution in [0.4, 0.5) is 11.4 Å². The van der Waals surface area contributed by atoms with Gasteiger partial charge in [0.25, 0.3) is 11.8 Å². The van der Waals surface area contributed by atoms with Crippen molar-refractivity contribution in [2.45, 2.75) is 37.1 Å². The first-order chi connectivity index (χ1) is 16.3. The van der Waals surface area contributed by atoms with E-state index in [1.807, 2.05) is 24.3 Å². The number of hydrogen-bond donors (Lipinski definition) is 2. The highest BCUT2D eigenvalue weighted by Crippen LogP contribution is 2.29. The van der Waals surface area contributed by atoms with Gasteiger partial charge in [0.1, 0.15) is 0 Å². The lowest BCUT2D eigenvalue weighted by atomic mass is 10.1. The van der Waals surface area contributed by atoms with Gasteiger partial charge in [0.05, 0.1) is 4.90 Å². The van der Waals surface area contributed by atoms with E-state index in [1.54, 1.807) is 42.2 Å². The van der Waals surface area contributed by atoms with Crippen molar-refractivity contribution >= 4 is 33.2 Å². The largest absolute Gasteiger partial charge is 0.322 e. The van der Waals surface area contributed by atoms with Gasteiger partial charge in [-0.25, -0.2) is 13.1 Å². The van der Waals surface area contributed by atoms with Crippen LogP contribution in [0.2, 0.25) is 0 Å². The fraction of sp³-hybridized carbons (Fsp3) is 0.231. The summed E-state index contributed by atoms with van der Waals surface area (Å²) in [6, 6.07) is 19.1. The maximum Gasteiger partial charge on any atom is 0.258 e. The van der Waals surface area contributed by atoms with E-state index >= 15 is 0 Å². The summed E-state index contributed by atoms with van der Waals surface area (Å²) in [5, 5.41) is 2.80. The van der Waals surface area contributed by atoms with Crippen molar-refractivity contribution < 1.29 is 18.0 Å². The van der Waals surface area contributed by atoms with Crippen molar-refractivity contribution in [3.05, 3.63) is 89.0 Å². The van der Waals surface area contributed by atoms with Gasteiger partial charge >= 0.3 is 0 Å². The standard InChI is InChI=1S/C26H25N3O4S/c1-17-6-13-22(34(32,33)28-21-11-12-21)16-23(17)25(30)27-20-9-7-19(8-10-20)26(31)29-15-14-18-4-2-3-5-24(18)29/h2-10,13,16,21,28H,11-12,14-15H2,1H3,(H,27,30). The van der Waals surface area contributed by atoms with Gasteiger partial charge in [0, 0.05) is 35.1 Å². The molecule has 1 aliphatic heterocycles. The fourth-order valence-corrected chi connectivity index (χ4v) is 5.43. The molecule has 1 heterocycles. The Labute approximate surface area is 198 Å². The van der Waals surface area contributed by atoms with Gasteiger partial charge in [-0.1, -0.05) is 24.3 Å². The first kappa shape index (κ1) is 22.3. The second-order valence-electron chi connectivity index (χ2n) is 8.74. The average molecular weight is 476 g/mol. The summed E-state index contributed by atoms with van der Waals surface area (Å²) < 4.78 is 27.7. The molecule has 2 amide bonds. The number of amides is 2. The van der Waals surface area contributed by atoms with Crippen molar-refractivity contribution in [1.29, 1.82) is 0 Å². The SMILES string of the molecule is Cc1ccc(S(=O)(=O)NC2CC2)cc1C(=O)Nc1ccc(C(=O)N2CCc3ccccc32)cc1. The normalized spacial score (nSPS) is 15.1. The van der Waals surface area contributed by atoms with Crippen LogP contribution in [0.25, 0.3) is 0 Å². The molecule has 1 aliphatic carbocycles. The number of carbonyl (C=O) groups excluding carboxylic acids is 2. The Kier molecular flexibility index (Phi) is 5.71. The van der Waals surface area contributed by atoms with Crippen LogP contribution in [0.1, 0.15) is 44.7 Å². The Bertz CT molecular complexity index is 1380. The summed E-state index contributed by atoms with van der Waals surface area (Å²) >= 11 is 0. The summed E-state index contributed by atoms with van der Waals surface area (Å²) in [6.07, 6.45) is 2.50. The minimum atomic E-state index is -3.66. The molecule has 7 nitrogen and oxygen atoms in total. The Morgan fingerprint density at radius 2 is 1.71 bits per heavy atom. The van der Waals surface area contributed by atoms with Crippen LogP contribution in [0.5, 0.6) is 0 Å². The molecule has 3 aromatic rings. The van der Waals surface area contributed by atoms with Gasteiger partial charge in [-0.2, -0.15) is 0 Å². The minimum Gasteiger partial charge on any atom is -0.322 e. The van der Waals surface area contributed by atoms with Gasteiger partial charge in [-0.05, 0) is 79.8 Å². The zero-order valence-electron chi connectivity index (χ0n) is 18.7. The monoisotopic (exact) mass is 475 g/mol. The van der Waals surface area contributed by atoms with Crippen LogP contribution in [0.15, 0.2) is 71.6 Å². The predicted octanol–water partition coefficient (Wildman–Crippen LogP) is 3.89. The Balaban J connectivity index is 1.30. The van der Waals surface area contributed by atoms with E-state index in [0.29, 0.717) is 23.4 Å². The van der Waals surface area contributed by atoms with Crippen molar-refractivity contribution in [3.8, 4) is 0 Å². The Morgan fingerprint density at radius 1 is 0.971 bits per heavy atom. The maximum atomic E-state index is 13.0. The van der Waals surface area contributed by atoms with Gasteiger partial charge in [-0.3, -0.25) is 9.59 Å². The number of para-hydroxylation sites is 1. The number of benzene rings is 3. The van der Waals surface area contributed by atoms with Gasteiger partial charge in [0.2, 0.25) is 10.0 Å².